The second-order valence-corrected chi connectivity index (χ2v) is 11.6. The Morgan fingerprint density at radius 1 is 1.05 bits per heavy atom. The van der Waals surface area contributed by atoms with Crippen molar-refractivity contribution in [3.63, 3.8) is 0 Å². The summed E-state index contributed by atoms with van der Waals surface area (Å²) in [4.78, 5) is 14.6. The van der Waals surface area contributed by atoms with Gasteiger partial charge in [0.2, 0.25) is 0 Å². The number of ether oxygens (including phenoxy) is 2. The number of aryl methyl sites for hydroxylation is 1. The van der Waals surface area contributed by atoms with E-state index in [2.05, 4.69) is 86.3 Å². The molecule has 0 spiro atoms. The number of rotatable bonds is 8. The lowest BCUT2D eigenvalue weighted by Gasteiger charge is -2.41. The van der Waals surface area contributed by atoms with Gasteiger partial charge in [0, 0.05) is 38.0 Å². The topological polar surface area (TPSA) is 38.8 Å². The van der Waals surface area contributed by atoms with Crippen molar-refractivity contribution < 1.29 is 14.3 Å². The van der Waals surface area contributed by atoms with E-state index in [1.54, 1.807) is 0 Å². The Morgan fingerprint density at radius 3 is 2.61 bits per heavy atom. The SMILES string of the molecule is CCCCCc1cc(OC(C)=O)c2c(c1)OC(C)(C)CC2C1=CCN(Cc2ccc3ccccc3c2)CC1. The van der Waals surface area contributed by atoms with E-state index >= 15 is 0 Å². The highest BCUT2D eigenvalue weighted by molar-refractivity contribution is 5.83. The normalized spacial score (nSPS) is 18.9. The highest BCUT2D eigenvalue weighted by Crippen LogP contribution is 2.50. The minimum absolute atomic E-state index is 0.190. The van der Waals surface area contributed by atoms with Crippen molar-refractivity contribution in [3.05, 3.63) is 82.9 Å². The molecule has 0 aliphatic carbocycles. The molecule has 2 aliphatic heterocycles. The quantitative estimate of drug-likeness (QED) is 0.133. The Balaban J connectivity index is 1.39. The van der Waals surface area contributed by atoms with E-state index in [1.807, 2.05) is 0 Å². The van der Waals surface area contributed by atoms with Gasteiger partial charge < -0.3 is 9.47 Å². The molecule has 0 bridgehead atoms. The summed E-state index contributed by atoms with van der Waals surface area (Å²) in [6.45, 7) is 10.9. The summed E-state index contributed by atoms with van der Waals surface area (Å²) in [6, 6.07) is 19.6. The van der Waals surface area contributed by atoms with Crippen molar-refractivity contribution in [1.29, 1.82) is 0 Å². The number of carbonyl (C=O) groups is 1. The molecule has 1 unspecified atom stereocenters. The molecule has 0 saturated heterocycles. The summed E-state index contributed by atoms with van der Waals surface area (Å²) in [5.74, 6) is 1.48. The molecule has 4 heteroatoms. The van der Waals surface area contributed by atoms with E-state index in [0.717, 1.165) is 56.6 Å². The summed E-state index contributed by atoms with van der Waals surface area (Å²) < 4.78 is 12.3. The highest BCUT2D eigenvalue weighted by atomic mass is 16.5. The Morgan fingerprint density at radius 2 is 1.87 bits per heavy atom. The number of unbranched alkanes of at least 4 members (excludes halogenated alkanes) is 2. The largest absolute Gasteiger partial charge is 0.487 e. The van der Waals surface area contributed by atoms with Gasteiger partial charge in [-0.1, -0.05) is 67.8 Å². The Hall–Kier alpha value is -3.11. The molecule has 0 fully saturated rings. The van der Waals surface area contributed by atoms with Gasteiger partial charge in [-0.2, -0.15) is 0 Å². The van der Waals surface area contributed by atoms with Crippen molar-refractivity contribution in [2.24, 2.45) is 0 Å². The van der Waals surface area contributed by atoms with Crippen LogP contribution in [0.5, 0.6) is 11.5 Å². The van der Waals surface area contributed by atoms with Gasteiger partial charge in [-0.25, -0.2) is 0 Å². The van der Waals surface area contributed by atoms with E-state index in [4.69, 9.17) is 9.47 Å². The molecule has 1 atom stereocenters. The second-order valence-electron chi connectivity index (χ2n) is 11.6. The molecule has 5 rings (SSSR count). The van der Waals surface area contributed by atoms with Crippen LogP contribution < -0.4 is 9.47 Å². The van der Waals surface area contributed by atoms with Gasteiger partial charge >= 0.3 is 5.97 Å². The van der Waals surface area contributed by atoms with Crippen LogP contribution in [0.3, 0.4) is 0 Å². The molecule has 0 saturated carbocycles. The molecular formula is C34H41NO3. The first-order valence-corrected chi connectivity index (χ1v) is 14.2. The first kappa shape index (κ1) is 26.5. The third-order valence-electron chi connectivity index (χ3n) is 7.91. The van der Waals surface area contributed by atoms with Crippen molar-refractivity contribution in [2.45, 2.75) is 84.3 Å². The maximum atomic E-state index is 12.1. The number of fused-ring (bicyclic) bond motifs is 2. The average Bonchev–Trinajstić information content (AvgIpc) is 2.88. The van der Waals surface area contributed by atoms with Crippen LogP contribution in [0.2, 0.25) is 0 Å². The van der Waals surface area contributed by atoms with E-state index in [9.17, 15) is 4.79 Å². The van der Waals surface area contributed by atoms with Gasteiger partial charge in [0.05, 0.1) is 0 Å². The Labute approximate surface area is 227 Å². The minimum Gasteiger partial charge on any atom is -0.487 e. The van der Waals surface area contributed by atoms with Gasteiger partial charge in [0.15, 0.2) is 0 Å². The molecular weight excluding hydrogens is 470 g/mol. The summed E-state index contributed by atoms with van der Waals surface area (Å²) in [5, 5.41) is 2.58. The van der Waals surface area contributed by atoms with Crippen LogP contribution in [0.4, 0.5) is 0 Å². The fourth-order valence-corrected chi connectivity index (χ4v) is 6.08. The minimum atomic E-state index is -0.281. The van der Waals surface area contributed by atoms with E-state index in [1.165, 1.54) is 47.2 Å². The molecule has 3 aromatic carbocycles. The van der Waals surface area contributed by atoms with Crippen LogP contribution in [-0.4, -0.2) is 29.6 Å². The van der Waals surface area contributed by atoms with Crippen LogP contribution in [-0.2, 0) is 17.8 Å². The zero-order valence-corrected chi connectivity index (χ0v) is 23.4. The smallest absolute Gasteiger partial charge is 0.308 e. The first-order valence-electron chi connectivity index (χ1n) is 14.2. The maximum Gasteiger partial charge on any atom is 0.308 e. The van der Waals surface area contributed by atoms with Crippen LogP contribution in [0, 0.1) is 0 Å². The predicted octanol–water partition coefficient (Wildman–Crippen LogP) is 7.97. The molecule has 0 aromatic heterocycles. The molecule has 0 amide bonds. The van der Waals surface area contributed by atoms with Gasteiger partial charge in [0.1, 0.15) is 17.1 Å². The van der Waals surface area contributed by atoms with E-state index < -0.39 is 0 Å². The van der Waals surface area contributed by atoms with Gasteiger partial charge in [-0.15, -0.1) is 0 Å². The van der Waals surface area contributed by atoms with Crippen LogP contribution in [0.25, 0.3) is 10.8 Å². The van der Waals surface area contributed by atoms with Gasteiger partial charge in [0.25, 0.3) is 0 Å². The molecule has 4 nitrogen and oxygen atoms in total. The third kappa shape index (κ3) is 6.13. The zero-order chi connectivity index (χ0) is 26.7. The van der Waals surface area contributed by atoms with E-state index in [0.29, 0.717) is 5.75 Å². The highest BCUT2D eigenvalue weighted by Gasteiger charge is 2.38. The molecule has 3 aromatic rings. The molecule has 2 aliphatic rings. The summed E-state index contributed by atoms with van der Waals surface area (Å²) in [6.07, 6.45) is 8.76. The molecule has 0 N–H and O–H groups in total. The van der Waals surface area contributed by atoms with Crippen molar-refractivity contribution >= 4 is 16.7 Å². The lowest BCUT2D eigenvalue weighted by atomic mass is 9.77. The van der Waals surface area contributed by atoms with Gasteiger partial charge in [-0.3, -0.25) is 9.69 Å². The maximum absolute atomic E-state index is 12.1. The fourth-order valence-electron chi connectivity index (χ4n) is 6.08. The lowest BCUT2D eigenvalue weighted by Crippen LogP contribution is -2.37. The number of benzene rings is 3. The monoisotopic (exact) mass is 511 g/mol. The third-order valence-corrected chi connectivity index (χ3v) is 7.91. The van der Waals surface area contributed by atoms with Crippen LogP contribution in [0.1, 0.15) is 82.4 Å². The van der Waals surface area contributed by atoms with Crippen molar-refractivity contribution in [1.82, 2.24) is 4.90 Å². The Bertz CT molecular complexity index is 1340. The van der Waals surface area contributed by atoms with Gasteiger partial charge in [-0.05, 0) is 79.6 Å². The average molecular weight is 512 g/mol. The molecule has 0 radical (unpaired) electrons. The second kappa shape index (κ2) is 11.3. The Kier molecular flexibility index (Phi) is 7.90. The van der Waals surface area contributed by atoms with Crippen molar-refractivity contribution in [3.8, 4) is 11.5 Å². The summed E-state index contributed by atoms with van der Waals surface area (Å²) >= 11 is 0. The van der Waals surface area contributed by atoms with Crippen molar-refractivity contribution in [2.75, 3.05) is 13.1 Å². The van der Waals surface area contributed by atoms with Crippen LogP contribution >= 0.6 is 0 Å². The van der Waals surface area contributed by atoms with E-state index in [-0.39, 0.29) is 17.5 Å². The molecule has 38 heavy (non-hydrogen) atoms. The number of hydrogen-bond acceptors (Lipinski definition) is 4. The lowest BCUT2D eigenvalue weighted by molar-refractivity contribution is -0.131. The predicted molar refractivity (Wildman–Crippen MR) is 155 cm³/mol. The number of esters is 1. The number of carbonyl (C=O) groups excluding carboxylic acids is 1. The summed E-state index contributed by atoms with van der Waals surface area (Å²) in [5.41, 5.74) is 4.74. The zero-order valence-electron chi connectivity index (χ0n) is 23.4. The molecule has 2 heterocycles. The first-order chi connectivity index (χ1) is 18.3. The molecule has 200 valence electrons. The summed E-state index contributed by atoms with van der Waals surface area (Å²) in [7, 11) is 0. The number of hydrogen-bond donors (Lipinski definition) is 0. The standard InChI is InChI=1S/C34H41NO3/c1-5-6-7-10-25-20-31(37-24(2)36)33-30(22-34(3,4)38-32(33)21-25)28-15-17-35(18-16-28)23-26-13-14-27-11-8-9-12-29(27)19-26/h8-9,11-15,19-21,30H,5-7,10,16-18,22-23H2,1-4H3. The fraction of sp³-hybridized carbons (Fsp3) is 0.441. The van der Waals surface area contributed by atoms with Crippen LogP contribution in [0.15, 0.2) is 66.2 Å². The number of nitrogens with zero attached hydrogens (tertiary/aromatic N) is 1.